The highest BCUT2D eigenvalue weighted by Gasteiger charge is 2.28. The molecule has 1 fully saturated rings. The van der Waals surface area contributed by atoms with Gasteiger partial charge in [0.15, 0.2) is 5.82 Å². The van der Waals surface area contributed by atoms with Crippen LogP contribution in [0.5, 0.6) is 0 Å². The van der Waals surface area contributed by atoms with E-state index >= 15 is 0 Å². The average molecular weight is 321 g/mol. The molecule has 2 N–H and O–H groups in total. The Hall–Kier alpha value is -2.89. The van der Waals surface area contributed by atoms with Crippen molar-refractivity contribution in [1.29, 1.82) is 0 Å². The first-order valence-electron chi connectivity index (χ1n) is 9.54. The monoisotopic (exact) mass is 321 g/mol. The van der Waals surface area contributed by atoms with Gasteiger partial charge < -0.3 is 5.32 Å². The van der Waals surface area contributed by atoms with Crippen LogP contribution in [0.2, 0.25) is 0 Å². The maximum Gasteiger partial charge on any atom is 0.178 e. The van der Waals surface area contributed by atoms with E-state index in [1.54, 1.807) is 10.9 Å². The summed E-state index contributed by atoms with van der Waals surface area (Å²) in [6.45, 7) is -2.18. The Morgan fingerprint density at radius 1 is 1.38 bits per heavy atom. The van der Waals surface area contributed by atoms with Crippen molar-refractivity contribution >= 4 is 33.4 Å². The van der Waals surface area contributed by atoms with E-state index in [1.165, 1.54) is 0 Å². The normalized spacial score (nSPS) is 16.9. The molecule has 4 aromatic rings. The molecule has 6 heteroatoms. The van der Waals surface area contributed by atoms with Crippen LogP contribution in [0, 0.1) is 0 Å². The minimum absolute atomic E-state index is 0.105. The first-order chi connectivity index (χ1) is 13.0. The van der Waals surface area contributed by atoms with E-state index < -0.39 is 6.85 Å². The number of benzene rings is 1. The predicted molar refractivity (Wildman–Crippen MR) is 94.6 cm³/mol. The fourth-order valence-electron chi connectivity index (χ4n) is 3.13. The van der Waals surface area contributed by atoms with Gasteiger partial charge in [-0.3, -0.25) is 14.8 Å². The lowest BCUT2D eigenvalue weighted by molar-refractivity contribution is 0.669. The molecule has 1 saturated carbocycles. The molecule has 1 aliphatic carbocycles. The zero-order chi connectivity index (χ0) is 18.6. The molecule has 0 unspecified atom stereocenters. The van der Waals surface area contributed by atoms with Gasteiger partial charge >= 0.3 is 0 Å². The third-order valence-corrected chi connectivity index (χ3v) is 4.48. The number of nitrogens with one attached hydrogen (secondary N) is 2. The fraction of sp³-hybridized carbons (Fsp3) is 0.278. The van der Waals surface area contributed by atoms with Crippen LogP contribution in [0.25, 0.3) is 21.9 Å². The van der Waals surface area contributed by atoms with Crippen molar-refractivity contribution in [2.24, 2.45) is 0 Å². The van der Waals surface area contributed by atoms with E-state index in [-0.39, 0.29) is 6.54 Å². The molecular formula is C18H18N6. The largest absolute Gasteiger partial charge is 0.337 e. The second-order valence-corrected chi connectivity index (χ2v) is 6.15. The van der Waals surface area contributed by atoms with Crippen molar-refractivity contribution in [1.82, 2.24) is 25.0 Å². The summed E-state index contributed by atoms with van der Waals surface area (Å²) in [5, 5.41) is 16.2. The maximum atomic E-state index is 7.61. The van der Waals surface area contributed by atoms with Gasteiger partial charge in [0.05, 0.1) is 16.7 Å². The van der Waals surface area contributed by atoms with Gasteiger partial charge in [0.1, 0.15) is 5.52 Å². The molecule has 0 aliphatic heterocycles. The Kier molecular flexibility index (Phi) is 2.28. The fourth-order valence-corrected chi connectivity index (χ4v) is 3.13. The highest BCUT2D eigenvalue weighted by Crippen LogP contribution is 2.42. The van der Waals surface area contributed by atoms with Crippen LogP contribution in [0.3, 0.4) is 0 Å². The molecule has 5 rings (SSSR count). The SMILES string of the molecule is [2H]C([2H])([2H])Cn1nc(C2CC2)c2ccc(Nc3n[nH]c4cccnc34)cc21. The van der Waals surface area contributed by atoms with Gasteiger partial charge in [0.25, 0.3) is 0 Å². The number of aryl methyl sites for hydroxylation is 1. The van der Waals surface area contributed by atoms with Crippen molar-refractivity contribution in [3.05, 3.63) is 42.2 Å². The molecule has 0 spiro atoms. The summed E-state index contributed by atoms with van der Waals surface area (Å²) in [7, 11) is 0. The zero-order valence-electron chi connectivity index (χ0n) is 16.0. The van der Waals surface area contributed by atoms with E-state index in [0.717, 1.165) is 46.2 Å². The van der Waals surface area contributed by atoms with Gasteiger partial charge in [-0.25, -0.2) is 0 Å². The Labute approximate surface area is 143 Å². The summed E-state index contributed by atoms with van der Waals surface area (Å²) in [5.41, 5.74) is 4.26. The Bertz CT molecular complexity index is 1140. The molecule has 0 bridgehead atoms. The number of anilines is 2. The van der Waals surface area contributed by atoms with Gasteiger partial charge in [-0.1, -0.05) is 0 Å². The van der Waals surface area contributed by atoms with Crippen molar-refractivity contribution in [3.63, 3.8) is 0 Å². The molecule has 3 aromatic heterocycles. The lowest BCUT2D eigenvalue weighted by Crippen LogP contribution is -1.97. The van der Waals surface area contributed by atoms with Crippen LogP contribution in [0.4, 0.5) is 11.5 Å². The summed E-state index contributed by atoms with van der Waals surface area (Å²) >= 11 is 0. The van der Waals surface area contributed by atoms with Crippen molar-refractivity contribution in [2.45, 2.75) is 32.2 Å². The van der Waals surface area contributed by atoms with Crippen LogP contribution in [0.1, 0.15) is 35.4 Å². The summed E-state index contributed by atoms with van der Waals surface area (Å²) in [6.07, 6.45) is 3.95. The number of aromatic amines is 1. The minimum atomic E-state index is -2.08. The zero-order valence-corrected chi connectivity index (χ0v) is 13.0. The standard InChI is InChI=1S/C18H18N6/c1-2-24-15-10-12(7-8-13(15)16(23-24)11-5-6-11)20-18-17-14(21-22-18)4-3-9-19-17/h3-4,7-11H,2,5-6H2,1H3,(H2,20,21,22)/i1D3. The van der Waals surface area contributed by atoms with E-state index in [0.29, 0.717) is 11.7 Å². The number of fused-ring (bicyclic) bond motifs is 2. The smallest absolute Gasteiger partial charge is 0.178 e. The molecule has 1 aromatic carbocycles. The molecule has 0 saturated heterocycles. The second kappa shape index (κ2) is 5.06. The number of rotatable bonds is 4. The van der Waals surface area contributed by atoms with Gasteiger partial charge in [0.2, 0.25) is 0 Å². The molecule has 24 heavy (non-hydrogen) atoms. The van der Waals surface area contributed by atoms with Crippen LogP contribution < -0.4 is 5.32 Å². The first-order valence-corrected chi connectivity index (χ1v) is 8.04. The topological polar surface area (TPSA) is 71.4 Å². The Morgan fingerprint density at radius 2 is 2.33 bits per heavy atom. The second-order valence-electron chi connectivity index (χ2n) is 6.15. The minimum Gasteiger partial charge on any atom is -0.337 e. The van der Waals surface area contributed by atoms with E-state index in [9.17, 15) is 0 Å². The van der Waals surface area contributed by atoms with Crippen LogP contribution >= 0.6 is 0 Å². The highest BCUT2D eigenvalue weighted by molar-refractivity contribution is 5.90. The van der Waals surface area contributed by atoms with Crippen molar-refractivity contribution in [2.75, 3.05) is 5.32 Å². The Balaban J connectivity index is 1.56. The summed E-state index contributed by atoms with van der Waals surface area (Å²) in [4.78, 5) is 4.35. The lowest BCUT2D eigenvalue weighted by atomic mass is 10.1. The summed E-state index contributed by atoms with van der Waals surface area (Å²) in [5.74, 6) is 1.08. The Morgan fingerprint density at radius 3 is 3.21 bits per heavy atom. The van der Waals surface area contributed by atoms with Gasteiger partial charge in [-0.05, 0) is 50.0 Å². The number of hydrogen-bond acceptors (Lipinski definition) is 4. The number of nitrogens with zero attached hydrogens (tertiary/aromatic N) is 4. The maximum absolute atomic E-state index is 7.61. The van der Waals surface area contributed by atoms with Crippen molar-refractivity contribution in [3.8, 4) is 0 Å². The molecule has 6 nitrogen and oxygen atoms in total. The van der Waals surface area contributed by atoms with E-state index in [4.69, 9.17) is 4.11 Å². The molecule has 3 heterocycles. The molecule has 0 atom stereocenters. The van der Waals surface area contributed by atoms with Crippen LogP contribution in [-0.4, -0.2) is 25.0 Å². The lowest BCUT2D eigenvalue weighted by Gasteiger charge is -2.05. The van der Waals surface area contributed by atoms with Gasteiger partial charge in [-0.15, -0.1) is 0 Å². The van der Waals surface area contributed by atoms with E-state index in [2.05, 4.69) is 25.6 Å². The van der Waals surface area contributed by atoms with Crippen molar-refractivity contribution < 1.29 is 4.11 Å². The number of H-pyrrole nitrogens is 1. The van der Waals surface area contributed by atoms with Crippen LogP contribution in [-0.2, 0) is 6.54 Å². The van der Waals surface area contributed by atoms with Gasteiger partial charge in [-0.2, -0.15) is 10.2 Å². The summed E-state index contributed by atoms with van der Waals surface area (Å²) in [6, 6.07) is 9.68. The van der Waals surface area contributed by atoms with Gasteiger partial charge in [0, 0.05) is 33.8 Å². The highest BCUT2D eigenvalue weighted by atomic mass is 15.3. The number of pyridine rings is 1. The molecule has 0 radical (unpaired) electrons. The molecular weight excluding hydrogens is 300 g/mol. The molecule has 0 amide bonds. The number of hydrogen-bond donors (Lipinski definition) is 2. The quantitative estimate of drug-likeness (QED) is 0.597. The van der Waals surface area contributed by atoms with E-state index in [1.807, 2.05) is 30.3 Å². The molecule has 120 valence electrons. The third kappa shape index (κ3) is 2.06. The third-order valence-electron chi connectivity index (χ3n) is 4.48. The van der Waals surface area contributed by atoms with Crippen LogP contribution in [0.15, 0.2) is 36.5 Å². The summed E-state index contributed by atoms with van der Waals surface area (Å²) < 4.78 is 24.5. The molecule has 1 aliphatic rings. The average Bonchev–Trinajstić information content (AvgIpc) is 3.31. The number of aromatic nitrogens is 5. The predicted octanol–water partition coefficient (Wildman–Crippen LogP) is 3.95. The first kappa shape index (κ1) is 10.8.